The summed E-state index contributed by atoms with van der Waals surface area (Å²) in [6, 6.07) is 12.4. The summed E-state index contributed by atoms with van der Waals surface area (Å²) in [5, 5.41) is 3.41. The van der Waals surface area contributed by atoms with Crippen LogP contribution in [0.15, 0.2) is 47.4 Å². The first-order valence-corrected chi connectivity index (χ1v) is 9.94. The number of aryl methyl sites for hydroxylation is 1. The van der Waals surface area contributed by atoms with Crippen molar-refractivity contribution in [3.8, 4) is 5.75 Å². The Labute approximate surface area is 177 Å². The van der Waals surface area contributed by atoms with E-state index >= 15 is 0 Å². The summed E-state index contributed by atoms with van der Waals surface area (Å²) >= 11 is 12.4. The van der Waals surface area contributed by atoms with Crippen LogP contribution in [-0.2, 0) is 9.59 Å². The van der Waals surface area contributed by atoms with Crippen LogP contribution in [0.25, 0.3) is 6.08 Å². The summed E-state index contributed by atoms with van der Waals surface area (Å²) < 4.78 is 6.05. The molecule has 3 rings (SSSR count). The minimum absolute atomic E-state index is 0.107. The number of halogens is 1. The van der Waals surface area contributed by atoms with Gasteiger partial charge in [0.25, 0.3) is 11.8 Å². The smallest absolute Gasteiger partial charge is 0.265 e. The van der Waals surface area contributed by atoms with Crippen LogP contribution in [-0.4, -0.2) is 34.7 Å². The molecule has 1 aliphatic rings. The molecule has 0 unspecified atom stereocenters. The number of carbonyl (C=O) groups is 2. The van der Waals surface area contributed by atoms with E-state index in [0.717, 1.165) is 11.1 Å². The minimum Gasteiger partial charge on any atom is -0.484 e. The maximum Gasteiger partial charge on any atom is 0.265 e. The standard InChI is InChI=1S/C20H17ClN2O3S2/c1-12-9-14(5-8-16(12)21)22-18(24)11-26-15-6-3-13(4-7-15)10-17-19(25)23(2)20(27)28-17/h3-10H,11H2,1-2H3,(H,22,24). The molecule has 1 saturated heterocycles. The van der Waals surface area contributed by atoms with Crippen LogP contribution in [0.3, 0.4) is 0 Å². The second-order valence-electron chi connectivity index (χ2n) is 6.11. The van der Waals surface area contributed by atoms with Gasteiger partial charge < -0.3 is 10.1 Å². The molecule has 28 heavy (non-hydrogen) atoms. The second-order valence-corrected chi connectivity index (χ2v) is 8.19. The molecule has 8 heteroatoms. The second kappa shape index (κ2) is 8.77. The molecule has 0 spiro atoms. The summed E-state index contributed by atoms with van der Waals surface area (Å²) in [7, 11) is 1.66. The van der Waals surface area contributed by atoms with E-state index in [9.17, 15) is 9.59 Å². The van der Waals surface area contributed by atoms with Crippen molar-refractivity contribution in [2.45, 2.75) is 6.92 Å². The minimum atomic E-state index is -0.266. The quantitative estimate of drug-likeness (QED) is 0.557. The third-order valence-electron chi connectivity index (χ3n) is 3.98. The van der Waals surface area contributed by atoms with E-state index in [1.54, 1.807) is 43.5 Å². The molecule has 1 heterocycles. The number of nitrogens with zero attached hydrogens (tertiary/aromatic N) is 1. The van der Waals surface area contributed by atoms with Crippen molar-refractivity contribution in [3.05, 3.63) is 63.5 Å². The van der Waals surface area contributed by atoms with Gasteiger partial charge in [0.1, 0.15) is 10.1 Å². The molecule has 2 amide bonds. The van der Waals surface area contributed by atoms with Crippen molar-refractivity contribution < 1.29 is 14.3 Å². The van der Waals surface area contributed by atoms with Crippen molar-refractivity contribution in [2.24, 2.45) is 0 Å². The average Bonchev–Trinajstić information content (AvgIpc) is 2.91. The van der Waals surface area contributed by atoms with Crippen molar-refractivity contribution in [2.75, 3.05) is 19.0 Å². The molecule has 0 saturated carbocycles. The largest absolute Gasteiger partial charge is 0.484 e. The predicted octanol–water partition coefficient (Wildman–Crippen LogP) is 4.50. The summed E-state index contributed by atoms with van der Waals surface area (Å²) in [5.41, 5.74) is 2.40. The fourth-order valence-electron chi connectivity index (χ4n) is 2.43. The van der Waals surface area contributed by atoms with Crippen molar-refractivity contribution >= 4 is 63.5 Å². The van der Waals surface area contributed by atoms with Gasteiger partial charge in [0, 0.05) is 17.8 Å². The Morgan fingerprint density at radius 3 is 2.61 bits per heavy atom. The van der Waals surface area contributed by atoms with Gasteiger partial charge in [-0.05, 0) is 54.5 Å². The van der Waals surface area contributed by atoms with E-state index < -0.39 is 0 Å². The van der Waals surface area contributed by atoms with Gasteiger partial charge in [0.2, 0.25) is 0 Å². The number of nitrogens with one attached hydrogen (secondary N) is 1. The first-order chi connectivity index (χ1) is 13.3. The highest BCUT2D eigenvalue weighted by Crippen LogP contribution is 2.31. The molecule has 2 aromatic rings. The normalized spacial score (nSPS) is 15.2. The van der Waals surface area contributed by atoms with Crippen LogP contribution in [0.4, 0.5) is 5.69 Å². The van der Waals surface area contributed by atoms with Crippen LogP contribution >= 0.6 is 35.6 Å². The van der Waals surface area contributed by atoms with Crippen LogP contribution in [0.2, 0.25) is 5.02 Å². The van der Waals surface area contributed by atoms with Gasteiger partial charge in [-0.1, -0.05) is 47.7 Å². The first kappa shape index (κ1) is 20.4. The third kappa shape index (κ3) is 4.92. The molecule has 0 radical (unpaired) electrons. The molecular formula is C20H17ClN2O3S2. The van der Waals surface area contributed by atoms with Crippen LogP contribution < -0.4 is 10.1 Å². The summed E-state index contributed by atoms with van der Waals surface area (Å²) in [6.45, 7) is 1.75. The van der Waals surface area contributed by atoms with Gasteiger partial charge >= 0.3 is 0 Å². The van der Waals surface area contributed by atoms with Gasteiger partial charge in [-0.3, -0.25) is 14.5 Å². The fourth-order valence-corrected chi connectivity index (χ4v) is 3.72. The zero-order chi connectivity index (χ0) is 20.3. The van der Waals surface area contributed by atoms with Gasteiger partial charge in [0.05, 0.1) is 4.91 Å². The number of hydrogen-bond acceptors (Lipinski definition) is 5. The van der Waals surface area contributed by atoms with Crippen molar-refractivity contribution in [3.63, 3.8) is 0 Å². The average molecular weight is 433 g/mol. The first-order valence-electron chi connectivity index (χ1n) is 8.34. The highest BCUT2D eigenvalue weighted by Gasteiger charge is 2.28. The Hall–Kier alpha value is -2.35. The summed E-state index contributed by atoms with van der Waals surface area (Å²) in [5.74, 6) is 0.185. The highest BCUT2D eigenvalue weighted by molar-refractivity contribution is 8.26. The Bertz CT molecular complexity index is 974. The lowest BCUT2D eigenvalue weighted by Crippen LogP contribution is -2.22. The SMILES string of the molecule is Cc1cc(NC(=O)COc2ccc(C=C3SC(=S)N(C)C3=O)cc2)ccc1Cl. The Kier molecular flexibility index (Phi) is 6.39. The summed E-state index contributed by atoms with van der Waals surface area (Å²) in [4.78, 5) is 26.1. The van der Waals surface area contributed by atoms with Gasteiger partial charge in [-0.15, -0.1) is 0 Å². The molecule has 2 aromatic carbocycles. The van der Waals surface area contributed by atoms with Crippen molar-refractivity contribution in [1.29, 1.82) is 0 Å². The molecule has 144 valence electrons. The van der Waals surface area contributed by atoms with E-state index in [2.05, 4.69) is 5.32 Å². The number of hydrogen-bond donors (Lipinski definition) is 1. The molecule has 5 nitrogen and oxygen atoms in total. The van der Waals surface area contributed by atoms with Crippen LogP contribution in [0.5, 0.6) is 5.75 Å². The number of thioether (sulfide) groups is 1. The lowest BCUT2D eigenvalue weighted by atomic mass is 10.2. The fraction of sp³-hybridized carbons (Fsp3) is 0.150. The van der Waals surface area contributed by atoms with Crippen molar-refractivity contribution in [1.82, 2.24) is 4.90 Å². The predicted molar refractivity (Wildman–Crippen MR) is 118 cm³/mol. The zero-order valence-electron chi connectivity index (χ0n) is 15.2. The number of likely N-dealkylation sites (N-methyl/N-ethyl adjacent to an activating group) is 1. The number of benzene rings is 2. The monoisotopic (exact) mass is 432 g/mol. The maximum absolute atomic E-state index is 12.0. The van der Waals surface area contributed by atoms with Crippen LogP contribution in [0, 0.1) is 6.92 Å². The summed E-state index contributed by atoms with van der Waals surface area (Å²) in [6.07, 6.45) is 1.78. The van der Waals surface area contributed by atoms with E-state index in [1.165, 1.54) is 16.7 Å². The number of ether oxygens (including phenoxy) is 1. The molecule has 0 aromatic heterocycles. The topological polar surface area (TPSA) is 58.6 Å². The molecule has 1 N–H and O–H groups in total. The van der Waals surface area contributed by atoms with Gasteiger partial charge in [-0.25, -0.2) is 0 Å². The lowest BCUT2D eigenvalue weighted by molar-refractivity contribution is -0.121. The number of rotatable bonds is 5. The molecule has 0 aliphatic carbocycles. The van der Waals surface area contributed by atoms with E-state index in [0.29, 0.717) is 25.7 Å². The lowest BCUT2D eigenvalue weighted by Gasteiger charge is -2.09. The van der Waals surface area contributed by atoms with E-state index in [1.807, 2.05) is 19.1 Å². The van der Waals surface area contributed by atoms with Gasteiger partial charge in [-0.2, -0.15) is 0 Å². The number of anilines is 1. The Morgan fingerprint density at radius 1 is 1.29 bits per heavy atom. The maximum atomic E-state index is 12.0. The molecule has 0 atom stereocenters. The molecule has 1 aliphatic heterocycles. The molecule has 0 bridgehead atoms. The Morgan fingerprint density at radius 2 is 2.00 bits per heavy atom. The third-order valence-corrected chi connectivity index (χ3v) is 5.88. The molecule has 1 fully saturated rings. The van der Waals surface area contributed by atoms with E-state index in [4.69, 9.17) is 28.6 Å². The number of thiocarbonyl (C=S) groups is 1. The zero-order valence-corrected chi connectivity index (χ0v) is 17.6. The van der Waals surface area contributed by atoms with Crippen LogP contribution in [0.1, 0.15) is 11.1 Å². The molecular weight excluding hydrogens is 416 g/mol. The number of carbonyl (C=O) groups excluding carboxylic acids is 2. The van der Waals surface area contributed by atoms with E-state index in [-0.39, 0.29) is 18.4 Å². The Balaban J connectivity index is 1.56. The highest BCUT2D eigenvalue weighted by atomic mass is 35.5. The number of amides is 2. The van der Waals surface area contributed by atoms with Gasteiger partial charge in [0.15, 0.2) is 6.61 Å².